The van der Waals surface area contributed by atoms with Gasteiger partial charge in [0.15, 0.2) is 12.1 Å². The highest BCUT2D eigenvalue weighted by Crippen LogP contribution is 2.33. The summed E-state index contributed by atoms with van der Waals surface area (Å²) in [5.74, 6) is 0.588. The monoisotopic (exact) mass is 432 g/mol. The van der Waals surface area contributed by atoms with E-state index in [9.17, 15) is 9.59 Å². The van der Waals surface area contributed by atoms with Gasteiger partial charge < -0.3 is 9.26 Å². The van der Waals surface area contributed by atoms with Crippen molar-refractivity contribution in [2.45, 2.75) is 32.5 Å². The molecule has 1 aromatic heterocycles. The van der Waals surface area contributed by atoms with E-state index in [2.05, 4.69) is 20.5 Å². The molecule has 0 N–H and O–H groups in total. The zero-order valence-electron chi connectivity index (χ0n) is 17.5. The Morgan fingerprint density at radius 1 is 1.06 bits per heavy atom. The van der Waals surface area contributed by atoms with Gasteiger partial charge in [0, 0.05) is 5.56 Å². The van der Waals surface area contributed by atoms with Crippen molar-refractivity contribution in [3.05, 3.63) is 60.0 Å². The topological polar surface area (TPSA) is 113 Å². The van der Waals surface area contributed by atoms with Crippen molar-refractivity contribution >= 4 is 17.5 Å². The van der Waals surface area contributed by atoms with Gasteiger partial charge in [-0.2, -0.15) is 10.1 Å². The maximum Gasteiger partial charge on any atom is 0.263 e. The molecular formula is C22H20N6O4. The molecule has 10 heteroatoms. The van der Waals surface area contributed by atoms with E-state index in [1.54, 1.807) is 24.3 Å². The van der Waals surface area contributed by atoms with Crippen LogP contribution < -0.4 is 9.64 Å². The number of aromatic nitrogens is 2. The van der Waals surface area contributed by atoms with Crippen LogP contribution in [-0.2, 0) is 16.1 Å². The van der Waals surface area contributed by atoms with E-state index in [4.69, 9.17) is 9.26 Å². The maximum absolute atomic E-state index is 13.1. The van der Waals surface area contributed by atoms with Gasteiger partial charge in [0.25, 0.3) is 11.8 Å². The Kier molecular flexibility index (Phi) is 4.89. The van der Waals surface area contributed by atoms with Gasteiger partial charge in [-0.15, -0.1) is 0 Å². The summed E-state index contributed by atoms with van der Waals surface area (Å²) in [5.41, 5.74) is 2.34. The highest BCUT2D eigenvalue weighted by atomic mass is 16.5. The van der Waals surface area contributed by atoms with Crippen LogP contribution in [0.2, 0.25) is 0 Å². The van der Waals surface area contributed by atoms with Gasteiger partial charge in [-0.05, 0) is 43.7 Å². The number of amides is 2. The zero-order chi connectivity index (χ0) is 22.2. The SMILES string of the molecule is CCOc1ccc(N2C(=O)[C@@H]3[C@@H](N=NN3Cc3nc(-c4ccccc4C)no3)C2=O)cc1. The molecule has 0 spiro atoms. The standard InChI is InChI=1S/C22H20N6O4/c1-3-31-15-10-8-14(9-11-15)28-21(29)18-19(22(28)30)27(26-24-18)12-17-23-20(25-32-17)16-7-5-4-6-13(16)2/h4-11,18-19H,3,12H2,1-2H3/t18-,19+/m1/s1. The smallest absolute Gasteiger partial charge is 0.263 e. The number of hydrogen-bond donors (Lipinski definition) is 0. The quantitative estimate of drug-likeness (QED) is 0.550. The third-order valence-corrected chi connectivity index (χ3v) is 5.42. The predicted octanol–water partition coefficient (Wildman–Crippen LogP) is 2.94. The number of benzene rings is 2. The zero-order valence-corrected chi connectivity index (χ0v) is 17.5. The number of ether oxygens (including phenoxy) is 1. The Morgan fingerprint density at radius 2 is 1.84 bits per heavy atom. The average molecular weight is 432 g/mol. The maximum atomic E-state index is 13.1. The van der Waals surface area contributed by atoms with Gasteiger partial charge in [0.2, 0.25) is 11.7 Å². The first-order valence-electron chi connectivity index (χ1n) is 10.2. The van der Waals surface area contributed by atoms with Crippen LogP contribution >= 0.6 is 0 Å². The normalized spacial score (nSPS) is 19.7. The highest BCUT2D eigenvalue weighted by Gasteiger charge is 2.55. The Balaban J connectivity index is 1.34. The molecule has 0 radical (unpaired) electrons. The molecule has 1 fully saturated rings. The number of nitrogens with zero attached hydrogens (tertiary/aromatic N) is 6. The van der Waals surface area contributed by atoms with Gasteiger partial charge in [0.05, 0.1) is 12.3 Å². The number of fused-ring (bicyclic) bond motifs is 1. The summed E-state index contributed by atoms with van der Waals surface area (Å²) < 4.78 is 10.8. The molecule has 32 heavy (non-hydrogen) atoms. The molecule has 10 nitrogen and oxygen atoms in total. The molecule has 2 aliphatic heterocycles. The summed E-state index contributed by atoms with van der Waals surface area (Å²) in [6, 6.07) is 12.8. The molecule has 0 unspecified atom stereocenters. The van der Waals surface area contributed by atoms with Crippen LogP contribution in [0.3, 0.4) is 0 Å². The summed E-state index contributed by atoms with van der Waals surface area (Å²) in [4.78, 5) is 31.6. The Bertz CT molecular complexity index is 1210. The lowest BCUT2D eigenvalue weighted by atomic mass is 10.1. The number of rotatable bonds is 6. The second kappa shape index (κ2) is 7.88. The van der Waals surface area contributed by atoms with Crippen LogP contribution in [-0.4, -0.2) is 45.7 Å². The molecule has 5 rings (SSSR count). The van der Waals surface area contributed by atoms with Gasteiger partial charge in [0.1, 0.15) is 12.3 Å². The van der Waals surface area contributed by atoms with E-state index in [1.807, 2.05) is 38.1 Å². The van der Waals surface area contributed by atoms with Crippen molar-refractivity contribution in [3.8, 4) is 17.1 Å². The Morgan fingerprint density at radius 3 is 2.59 bits per heavy atom. The van der Waals surface area contributed by atoms with E-state index in [0.717, 1.165) is 16.0 Å². The first-order valence-corrected chi connectivity index (χ1v) is 10.2. The van der Waals surface area contributed by atoms with Crippen molar-refractivity contribution in [2.24, 2.45) is 10.3 Å². The number of anilines is 1. The van der Waals surface area contributed by atoms with Gasteiger partial charge in [-0.1, -0.05) is 34.6 Å². The van der Waals surface area contributed by atoms with E-state index in [0.29, 0.717) is 23.9 Å². The molecule has 0 aliphatic carbocycles. The van der Waals surface area contributed by atoms with Crippen LogP contribution in [0.5, 0.6) is 5.75 Å². The highest BCUT2D eigenvalue weighted by molar-refractivity contribution is 6.25. The second-order valence-electron chi connectivity index (χ2n) is 7.46. The number of carbonyl (C=O) groups is 2. The summed E-state index contributed by atoms with van der Waals surface area (Å²) >= 11 is 0. The third kappa shape index (κ3) is 3.29. The van der Waals surface area contributed by atoms with Crippen molar-refractivity contribution in [3.63, 3.8) is 0 Å². The van der Waals surface area contributed by atoms with Crippen LogP contribution in [0.25, 0.3) is 11.4 Å². The van der Waals surface area contributed by atoms with E-state index in [1.165, 1.54) is 5.01 Å². The van der Waals surface area contributed by atoms with Crippen molar-refractivity contribution in [1.82, 2.24) is 15.1 Å². The Labute approximate surface area is 183 Å². The third-order valence-electron chi connectivity index (χ3n) is 5.42. The minimum atomic E-state index is -0.896. The van der Waals surface area contributed by atoms with Crippen molar-refractivity contribution in [1.29, 1.82) is 0 Å². The lowest BCUT2D eigenvalue weighted by Crippen LogP contribution is -2.39. The van der Waals surface area contributed by atoms with Gasteiger partial charge in [-0.3, -0.25) is 14.6 Å². The van der Waals surface area contributed by atoms with Crippen LogP contribution in [0.1, 0.15) is 18.4 Å². The van der Waals surface area contributed by atoms with Crippen molar-refractivity contribution in [2.75, 3.05) is 11.5 Å². The molecular weight excluding hydrogens is 412 g/mol. The summed E-state index contributed by atoms with van der Waals surface area (Å²) in [6.07, 6.45) is 0. The fourth-order valence-electron chi connectivity index (χ4n) is 3.86. The lowest BCUT2D eigenvalue weighted by Gasteiger charge is -2.19. The number of carbonyl (C=O) groups excluding carboxylic acids is 2. The molecule has 162 valence electrons. The number of hydrogen-bond acceptors (Lipinski definition) is 9. The minimum absolute atomic E-state index is 0.0691. The number of aryl methyl sites for hydroxylation is 1. The fraction of sp³-hybridized carbons (Fsp3) is 0.273. The lowest BCUT2D eigenvalue weighted by molar-refractivity contribution is -0.123. The molecule has 0 bridgehead atoms. The fourth-order valence-corrected chi connectivity index (χ4v) is 3.86. The average Bonchev–Trinajstić information content (AvgIpc) is 3.48. The van der Waals surface area contributed by atoms with Crippen LogP contribution in [0, 0.1) is 6.92 Å². The Hall–Kier alpha value is -4.08. The molecule has 2 aliphatic rings. The van der Waals surface area contributed by atoms with E-state index < -0.39 is 23.9 Å². The summed E-state index contributed by atoms with van der Waals surface area (Å²) in [6.45, 7) is 4.44. The predicted molar refractivity (Wildman–Crippen MR) is 113 cm³/mol. The van der Waals surface area contributed by atoms with Gasteiger partial charge >= 0.3 is 0 Å². The van der Waals surface area contributed by atoms with Gasteiger partial charge in [-0.25, -0.2) is 4.90 Å². The van der Waals surface area contributed by atoms with E-state index in [-0.39, 0.29) is 12.4 Å². The molecule has 2 aromatic carbocycles. The minimum Gasteiger partial charge on any atom is -0.494 e. The van der Waals surface area contributed by atoms with Crippen molar-refractivity contribution < 1.29 is 18.8 Å². The molecule has 2 atom stereocenters. The molecule has 3 heterocycles. The molecule has 1 saturated heterocycles. The summed E-state index contributed by atoms with van der Waals surface area (Å²) in [5, 5.41) is 13.5. The first-order chi connectivity index (χ1) is 15.6. The second-order valence-corrected chi connectivity index (χ2v) is 7.46. The molecule has 0 saturated carbocycles. The molecule has 3 aromatic rings. The first kappa shape index (κ1) is 19.9. The largest absolute Gasteiger partial charge is 0.494 e. The summed E-state index contributed by atoms with van der Waals surface area (Å²) in [7, 11) is 0. The molecule has 2 amide bonds. The van der Waals surface area contributed by atoms with Crippen LogP contribution in [0.15, 0.2) is 63.4 Å². The van der Waals surface area contributed by atoms with Crippen LogP contribution in [0.4, 0.5) is 5.69 Å². The van der Waals surface area contributed by atoms with E-state index >= 15 is 0 Å². The number of imide groups is 1.